The zero-order valence-corrected chi connectivity index (χ0v) is 30.4. The number of ether oxygens (including phenoxy) is 2. The molecular weight excluding hydrogens is 617 g/mol. The summed E-state index contributed by atoms with van der Waals surface area (Å²) in [6.45, 7) is 3.53. The van der Waals surface area contributed by atoms with Crippen molar-refractivity contribution in [3.05, 3.63) is 48.6 Å². The first-order valence-electron chi connectivity index (χ1n) is 18.2. The Labute approximate surface area is 286 Å². The third-order valence-electron chi connectivity index (χ3n) is 7.32. The van der Waals surface area contributed by atoms with Crippen molar-refractivity contribution in [1.82, 2.24) is 0 Å². The number of allylic oxidation sites excluding steroid dienone is 8. The van der Waals surface area contributed by atoms with Crippen molar-refractivity contribution in [2.24, 2.45) is 5.73 Å². The van der Waals surface area contributed by atoms with E-state index < -0.39 is 32.5 Å². The number of unbranched alkanes of at least 4 members (excludes halogenated alkanes) is 15. The van der Waals surface area contributed by atoms with Crippen LogP contribution in [0.3, 0.4) is 0 Å². The number of rotatable bonds is 33. The summed E-state index contributed by atoms with van der Waals surface area (Å²) in [5, 5.41) is 0. The van der Waals surface area contributed by atoms with Gasteiger partial charge in [0.25, 0.3) is 0 Å². The van der Waals surface area contributed by atoms with E-state index in [-0.39, 0.29) is 32.6 Å². The summed E-state index contributed by atoms with van der Waals surface area (Å²) in [6.07, 6.45) is 35.7. The molecule has 0 aromatic carbocycles. The molecule has 0 aliphatic heterocycles. The summed E-state index contributed by atoms with van der Waals surface area (Å²) in [5.74, 6) is -0.860. The Morgan fingerprint density at radius 2 is 1.17 bits per heavy atom. The number of phosphoric acid groups is 1. The molecule has 47 heavy (non-hydrogen) atoms. The van der Waals surface area contributed by atoms with Gasteiger partial charge in [-0.25, -0.2) is 4.57 Å². The van der Waals surface area contributed by atoms with Crippen LogP contribution < -0.4 is 5.73 Å². The van der Waals surface area contributed by atoms with Crippen LogP contribution in [0.2, 0.25) is 0 Å². The minimum atomic E-state index is -4.37. The third-order valence-corrected chi connectivity index (χ3v) is 8.31. The molecule has 0 fully saturated rings. The number of nitrogens with two attached hydrogens (primary N) is 1. The Hall–Kier alpha value is -2.03. The first-order chi connectivity index (χ1) is 22.8. The molecule has 0 aliphatic rings. The van der Waals surface area contributed by atoms with Crippen molar-refractivity contribution >= 4 is 19.8 Å². The topological polar surface area (TPSA) is 134 Å². The van der Waals surface area contributed by atoms with Gasteiger partial charge in [-0.15, -0.1) is 0 Å². The van der Waals surface area contributed by atoms with Crippen LogP contribution in [0.1, 0.15) is 142 Å². The maximum atomic E-state index is 12.5. The van der Waals surface area contributed by atoms with Gasteiger partial charge in [-0.05, 0) is 32.1 Å². The SMILES string of the molecule is CC/C=C/C=C/C=C/C=C/CCCCCCCC(=O)OC[C@H](COP(=O)(O)OCCN)OC(=O)CCCCCCCCCCCCC. The van der Waals surface area contributed by atoms with E-state index in [2.05, 4.69) is 32.1 Å². The molecule has 0 amide bonds. The van der Waals surface area contributed by atoms with Crippen molar-refractivity contribution in [2.75, 3.05) is 26.4 Å². The molecule has 0 radical (unpaired) electrons. The Bertz CT molecular complexity index is 918. The maximum absolute atomic E-state index is 12.5. The molecular formula is C37H66NO8P. The molecule has 1 unspecified atom stereocenters. The fourth-order valence-electron chi connectivity index (χ4n) is 4.64. The molecule has 272 valence electrons. The van der Waals surface area contributed by atoms with Crippen molar-refractivity contribution < 1.29 is 37.6 Å². The fraction of sp³-hybridized carbons (Fsp3) is 0.730. The van der Waals surface area contributed by atoms with Gasteiger partial charge in [-0.3, -0.25) is 18.6 Å². The summed E-state index contributed by atoms with van der Waals surface area (Å²) in [6, 6.07) is 0. The standard InChI is InChI=1S/C37H66NO8P/c1-3-5-7-9-11-13-15-16-17-18-20-21-23-25-27-29-36(39)43-33-35(34-45-47(41,42)44-32-31-38)46-37(40)30-28-26-24-22-19-14-12-10-8-6-4-2/h5,7,9,11,13,15-17,35H,3-4,6,8,10,12,14,18-34,38H2,1-2H3,(H,41,42)/b7-5+,11-9+,15-13+,17-16+/t35-/m1/s1. The van der Waals surface area contributed by atoms with Crippen LogP contribution in [0.15, 0.2) is 48.6 Å². The van der Waals surface area contributed by atoms with Gasteiger partial charge >= 0.3 is 19.8 Å². The van der Waals surface area contributed by atoms with Gasteiger partial charge in [0, 0.05) is 19.4 Å². The molecule has 0 bridgehead atoms. The van der Waals surface area contributed by atoms with Gasteiger partial charge in [0.15, 0.2) is 6.10 Å². The molecule has 0 saturated heterocycles. The molecule has 0 aliphatic carbocycles. The molecule has 0 spiro atoms. The predicted molar refractivity (Wildman–Crippen MR) is 192 cm³/mol. The first kappa shape index (κ1) is 45.0. The Balaban J connectivity index is 4.29. The molecule has 10 heteroatoms. The highest BCUT2D eigenvalue weighted by Gasteiger charge is 2.25. The van der Waals surface area contributed by atoms with Crippen molar-refractivity contribution in [2.45, 2.75) is 148 Å². The van der Waals surface area contributed by atoms with E-state index in [1.807, 2.05) is 30.4 Å². The van der Waals surface area contributed by atoms with E-state index in [0.29, 0.717) is 12.8 Å². The van der Waals surface area contributed by atoms with E-state index in [0.717, 1.165) is 57.8 Å². The molecule has 0 aromatic rings. The number of phosphoric ester groups is 1. The monoisotopic (exact) mass is 683 g/mol. The molecule has 0 rings (SSSR count). The van der Waals surface area contributed by atoms with Crippen LogP contribution in [0.25, 0.3) is 0 Å². The second kappa shape index (κ2) is 33.9. The van der Waals surface area contributed by atoms with E-state index in [1.165, 1.54) is 44.9 Å². The van der Waals surface area contributed by atoms with Crippen LogP contribution in [0.4, 0.5) is 0 Å². The summed E-state index contributed by atoms with van der Waals surface area (Å²) in [4.78, 5) is 34.6. The summed E-state index contributed by atoms with van der Waals surface area (Å²) in [7, 11) is -4.37. The lowest BCUT2D eigenvalue weighted by Crippen LogP contribution is -2.29. The number of carbonyl (C=O) groups is 2. The smallest absolute Gasteiger partial charge is 0.462 e. The van der Waals surface area contributed by atoms with Crippen LogP contribution in [-0.2, 0) is 32.7 Å². The predicted octanol–water partition coefficient (Wildman–Crippen LogP) is 9.60. The third kappa shape index (κ3) is 33.7. The van der Waals surface area contributed by atoms with Gasteiger partial charge in [0.05, 0.1) is 13.2 Å². The second-order valence-corrected chi connectivity index (χ2v) is 13.3. The number of carbonyl (C=O) groups excluding carboxylic acids is 2. The Kier molecular flexibility index (Phi) is 32.4. The molecule has 2 atom stereocenters. The highest BCUT2D eigenvalue weighted by Crippen LogP contribution is 2.43. The van der Waals surface area contributed by atoms with E-state index in [9.17, 15) is 19.0 Å². The van der Waals surface area contributed by atoms with Gasteiger partial charge in [0.2, 0.25) is 0 Å². The largest absolute Gasteiger partial charge is 0.472 e. The second-order valence-electron chi connectivity index (χ2n) is 11.8. The van der Waals surface area contributed by atoms with E-state index in [1.54, 1.807) is 0 Å². The van der Waals surface area contributed by atoms with Gasteiger partial charge in [0.1, 0.15) is 6.61 Å². The number of hydrogen-bond acceptors (Lipinski definition) is 8. The summed E-state index contributed by atoms with van der Waals surface area (Å²) >= 11 is 0. The Morgan fingerprint density at radius 3 is 1.74 bits per heavy atom. The highest BCUT2D eigenvalue weighted by molar-refractivity contribution is 7.47. The Morgan fingerprint density at radius 1 is 0.660 bits per heavy atom. The van der Waals surface area contributed by atoms with Crippen LogP contribution >= 0.6 is 7.82 Å². The first-order valence-corrected chi connectivity index (χ1v) is 19.7. The van der Waals surface area contributed by atoms with Crippen LogP contribution in [0.5, 0.6) is 0 Å². The zero-order valence-electron chi connectivity index (χ0n) is 29.5. The van der Waals surface area contributed by atoms with Crippen molar-refractivity contribution in [3.8, 4) is 0 Å². The van der Waals surface area contributed by atoms with Gasteiger partial charge in [-0.2, -0.15) is 0 Å². The highest BCUT2D eigenvalue weighted by atomic mass is 31.2. The lowest BCUT2D eigenvalue weighted by atomic mass is 10.1. The maximum Gasteiger partial charge on any atom is 0.472 e. The molecule has 3 N–H and O–H groups in total. The minimum absolute atomic E-state index is 0.0488. The fourth-order valence-corrected chi connectivity index (χ4v) is 5.41. The number of esters is 2. The lowest BCUT2D eigenvalue weighted by molar-refractivity contribution is -0.161. The van der Waals surface area contributed by atoms with Crippen LogP contribution in [0, 0.1) is 0 Å². The average Bonchev–Trinajstić information content (AvgIpc) is 3.05. The van der Waals surface area contributed by atoms with Crippen LogP contribution in [-0.4, -0.2) is 49.3 Å². The summed E-state index contributed by atoms with van der Waals surface area (Å²) in [5.41, 5.74) is 5.32. The van der Waals surface area contributed by atoms with Crippen molar-refractivity contribution in [1.29, 1.82) is 0 Å². The summed E-state index contributed by atoms with van der Waals surface area (Å²) < 4.78 is 32.6. The molecule has 0 heterocycles. The van der Waals surface area contributed by atoms with Gasteiger partial charge in [-0.1, -0.05) is 146 Å². The molecule has 0 saturated carbocycles. The minimum Gasteiger partial charge on any atom is -0.462 e. The van der Waals surface area contributed by atoms with E-state index >= 15 is 0 Å². The number of hydrogen-bond donors (Lipinski definition) is 2. The van der Waals surface area contributed by atoms with E-state index in [4.69, 9.17) is 24.3 Å². The lowest BCUT2D eigenvalue weighted by Gasteiger charge is -2.19. The zero-order chi connectivity index (χ0) is 34.7. The normalized spacial score (nSPS) is 14.0. The quantitative estimate of drug-likeness (QED) is 0.0300. The molecule has 9 nitrogen and oxygen atoms in total. The van der Waals surface area contributed by atoms with Crippen molar-refractivity contribution in [3.63, 3.8) is 0 Å². The van der Waals surface area contributed by atoms with Gasteiger partial charge < -0.3 is 20.1 Å². The molecule has 0 aromatic heterocycles. The average molecular weight is 684 g/mol.